The third-order valence-electron chi connectivity index (χ3n) is 5.91. The molecule has 0 aliphatic carbocycles. The van der Waals surface area contributed by atoms with Gasteiger partial charge in [-0.05, 0) is 63.1 Å². The summed E-state index contributed by atoms with van der Waals surface area (Å²) in [6.45, 7) is 4.67. The minimum atomic E-state index is -0.636. The molecule has 1 aliphatic rings. The fourth-order valence-corrected chi connectivity index (χ4v) is 4.11. The fourth-order valence-electron chi connectivity index (χ4n) is 4.11. The van der Waals surface area contributed by atoms with Crippen LogP contribution in [0.5, 0.6) is 0 Å². The zero-order chi connectivity index (χ0) is 23.8. The highest BCUT2D eigenvalue weighted by molar-refractivity contribution is 5.97. The van der Waals surface area contributed by atoms with Crippen LogP contribution in [0.1, 0.15) is 32.7 Å². The van der Waals surface area contributed by atoms with Crippen LogP contribution >= 0.6 is 0 Å². The van der Waals surface area contributed by atoms with Gasteiger partial charge in [0.25, 0.3) is 0 Å². The molecule has 0 spiro atoms. The second-order valence-corrected chi connectivity index (χ2v) is 8.59. The van der Waals surface area contributed by atoms with Crippen LogP contribution in [-0.4, -0.2) is 43.0 Å². The first-order chi connectivity index (χ1) is 16.4. The number of piperidine rings is 1. The van der Waals surface area contributed by atoms with E-state index in [1.54, 1.807) is 29.6 Å². The van der Waals surface area contributed by atoms with E-state index in [0.717, 1.165) is 17.8 Å². The summed E-state index contributed by atoms with van der Waals surface area (Å²) >= 11 is 0. The highest BCUT2D eigenvalue weighted by Crippen LogP contribution is 2.26. The Morgan fingerprint density at radius 3 is 2.68 bits per heavy atom. The van der Waals surface area contributed by atoms with E-state index < -0.39 is 12.0 Å². The van der Waals surface area contributed by atoms with E-state index in [4.69, 9.17) is 5.73 Å². The van der Waals surface area contributed by atoms with Gasteiger partial charge in [0.05, 0.1) is 29.3 Å². The van der Waals surface area contributed by atoms with Crippen LogP contribution in [0, 0.1) is 5.95 Å². The van der Waals surface area contributed by atoms with Gasteiger partial charge >= 0.3 is 0 Å². The largest absolute Gasteiger partial charge is 0.328 e. The number of benzene rings is 1. The zero-order valence-electron chi connectivity index (χ0n) is 18.9. The van der Waals surface area contributed by atoms with Crippen LogP contribution in [-0.2, 0) is 4.79 Å². The van der Waals surface area contributed by atoms with E-state index in [9.17, 15) is 9.18 Å². The first-order valence-corrected chi connectivity index (χ1v) is 11.2. The van der Waals surface area contributed by atoms with E-state index in [1.165, 1.54) is 0 Å². The molecule has 3 aromatic heterocycles. The third-order valence-corrected chi connectivity index (χ3v) is 5.91. The SMILES string of the molecule is CC(C)n1cnc2c(F)nc(-c3ccnc(Nc4ccc(N5CCCC(N)C5=O)cc4)n3)cc21. The summed E-state index contributed by atoms with van der Waals surface area (Å²) in [6, 6.07) is 10.6. The predicted molar refractivity (Wildman–Crippen MR) is 128 cm³/mol. The van der Waals surface area contributed by atoms with Crippen molar-refractivity contribution in [2.24, 2.45) is 5.73 Å². The highest BCUT2D eigenvalue weighted by Gasteiger charge is 2.26. The molecule has 0 bridgehead atoms. The Morgan fingerprint density at radius 1 is 1.12 bits per heavy atom. The molecule has 4 heterocycles. The van der Waals surface area contributed by atoms with Gasteiger partial charge in [-0.25, -0.2) is 19.9 Å². The molecule has 1 aromatic carbocycles. The number of carbonyl (C=O) groups excluding carboxylic acids is 1. The molecule has 1 amide bonds. The number of imidazole rings is 1. The van der Waals surface area contributed by atoms with E-state index in [0.29, 0.717) is 35.8 Å². The fraction of sp³-hybridized carbons (Fsp3) is 0.292. The molecule has 174 valence electrons. The Bertz CT molecular complexity index is 1350. The van der Waals surface area contributed by atoms with Gasteiger partial charge in [-0.2, -0.15) is 4.39 Å². The molecule has 34 heavy (non-hydrogen) atoms. The molecule has 0 saturated carbocycles. The van der Waals surface area contributed by atoms with Crippen molar-refractivity contribution >= 4 is 34.3 Å². The average Bonchev–Trinajstić information content (AvgIpc) is 3.27. The van der Waals surface area contributed by atoms with Gasteiger partial charge in [-0.15, -0.1) is 0 Å². The van der Waals surface area contributed by atoms with Crippen LogP contribution in [0.4, 0.5) is 21.7 Å². The maximum Gasteiger partial charge on any atom is 0.243 e. The molecule has 1 saturated heterocycles. The number of amides is 1. The molecule has 5 rings (SSSR count). The number of pyridine rings is 1. The van der Waals surface area contributed by atoms with Crippen molar-refractivity contribution in [1.82, 2.24) is 24.5 Å². The van der Waals surface area contributed by atoms with Crippen LogP contribution in [0.3, 0.4) is 0 Å². The van der Waals surface area contributed by atoms with Crippen molar-refractivity contribution in [3.8, 4) is 11.4 Å². The van der Waals surface area contributed by atoms with Gasteiger partial charge in [0.15, 0.2) is 0 Å². The number of rotatable bonds is 5. The van der Waals surface area contributed by atoms with Crippen LogP contribution in [0.15, 0.2) is 48.9 Å². The normalized spacial score (nSPS) is 16.4. The van der Waals surface area contributed by atoms with E-state index in [-0.39, 0.29) is 17.5 Å². The maximum atomic E-state index is 14.6. The minimum absolute atomic E-state index is 0.0569. The summed E-state index contributed by atoms with van der Waals surface area (Å²) in [6.07, 6.45) is 4.81. The van der Waals surface area contributed by atoms with Crippen molar-refractivity contribution < 1.29 is 9.18 Å². The van der Waals surface area contributed by atoms with Crippen molar-refractivity contribution in [3.63, 3.8) is 0 Å². The lowest BCUT2D eigenvalue weighted by molar-refractivity contribution is -0.120. The molecule has 3 N–H and O–H groups in total. The second-order valence-electron chi connectivity index (χ2n) is 8.59. The summed E-state index contributed by atoms with van der Waals surface area (Å²) in [5.41, 5.74) is 9.23. The van der Waals surface area contributed by atoms with Gasteiger partial charge in [0.1, 0.15) is 5.52 Å². The van der Waals surface area contributed by atoms with E-state index in [2.05, 4.69) is 25.3 Å². The number of aromatic nitrogens is 5. The van der Waals surface area contributed by atoms with Crippen molar-refractivity contribution in [2.75, 3.05) is 16.8 Å². The lowest BCUT2D eigenvalue weighted by Crippen LogP contribution is -2.48. The first kappa shape index (κ1) is 21.9. The standard InChI is InChI=1S/C24H25FN8O/c1-14(2)33-13-28-21-20(33)12-19(30-22(21)25)18-9-10-27-24(31-18)29-15-5-7-16(8-6-15)32-11-3-4-17(26)23(32)34/h5-10,12-14,17H,3-4,11,26H2,1-2H3,(H,27,29,31). The number of hydrogen-bond donors (Lipinski definition) is 2. The monoisotopic (exact) mass is 460 g/mol. The predicted octanol–water partition coefficient (Wildman–Crippen LogP) is 3.81. The number of hydrogen-bond acceptors (Lipinski definition) is 7. The average molecular weight is 461 g/mol. The summed E-state index contributed by atoms with van der Waals surface area (Å²) < 4.78 is 16.5. The van der Waals surface area contributed by atoms with Gasteiger partial charge in [0, 0.05) is 30.2 Å². The Hall–Kier alpha value is -3.92. The molecule has 1 atom stereocenters. The quantitative estimate of drug-likeness (QED) is 0.435. The first-order valence-electron chi connectivity index (χ1n) is 11.2. The third kappa shape index (κ3) is 4.08. The van der Waals surface area contributed by atoms with Gasteiger partial charge < -0.3 is 20.5 Å². The summed E-state index contributed by atoms with van der Waals surface area (Å²) in [5, 5.41) is 3.15. The number of nitrogens with two attached hydrogens (primary N) is 1. The van der Waals surface area contributed by atoms with Crippen molar-refractivity contribution in [3.05, 3.63) is 54.9 Å². The van der Waals surface area contributed by atoms with Gasteiger partial charge in [-0.1, -0.05) is 0 Å². The van der Waals surface area contributed by atoms with E-state index >= 15 is 0 Å². The van der Waals surface area contributed by atoms with Crippen LogP contribution in [0.25, 0.3) is 22.4 Å². The Kier molecular flexibility index (Phi) is 5.66. The molecule has 1 fully saturated rings. The summed E-state index contributed by atoms with van der Waals surface area (Å²) in [5.74, 6) is -0.345. The molecule has 1 unspecified atom stereocenters. The topological polar surface area (TPSA) is 115 Å². The van der Waals surface area contributed by atoms with E-state index in [1.807, 2.05) is 42.7 Å². The molecule has 0 radical (unpaired) electrons. The van der Waals surface area contributed by atoms with Gasteiger partial charge in [-0.3, -0.25) is 4.79 Å². The molecule has 4 aromatic rings. The van der Waals surface area contributed by atoms with Crippen LogP contribution < -0.4 is 16.0 Å². The lowest BCUT2D eigenvalue weighted by Gasteiger charge is -2.30. The van der Waals surface area contributed by atoms with Gasteiger partial charge in [0.2, 0.25) is 17.8 Å². The lowest BCUT2D eigenvalue weighted by atomic mass is 10.0. The number of halogens is 1. The summed E-state index contributed by atoms with van der Waals surface area (Å²) in [7, 11) is 0. The number of nitrogens with zero attached hydrogens (tertiary/aromatic N) is 6. The number of fused-ring (bicyclic) bond motifs is 1. The zero-order valence-corrected chi connectivity index (χ0v) is 18.9. The minimum Gasteiger partial charge on any atom is -0.328 e. The molecule has 9 nitrogen and oxygen atoms in total. The van der Waals surface area contributed by atoms with Crippen molar-refractivity contribution in [1.29, 1.82) is 0 Å². The molecular weight excluding hydrogens is 435 g/mol. The Balaban J connectivity index is 1.39. The number of carbonyl (C=O) groups is 1. The van der Waals surface area contributed by atoms with Crippen LogP contribution in [0.2, 0.25) is 0 Å². The molecule has 10 heteroatoms. The maximum absolute atomic E-state index is 14.6. The molecular formula is C24H25FN8O. The summed E-state index contributed by atoms with van der Waals surface area (Å²) in [4.78, 5) is 31.1. The Labute approximate surface area is 195 Å². The second kappa shape index (κ2) is 8.79. The van der Waals surface area contributed by atoms with Crippen molar-refractivity contribution in [2.45, 2.75) is 38.8 Å². The highest BCUT2D eigenvalue weighted by atomic mass is 19.1. The Morgan fingerprint density at radius 2 is 1.91 bits per heavy atom. The smallest absolute Gasteiger partial charge is 0.243 e. The number of nitrogens with one attached hydrogen (secondary N) is 1. The molecule has 1 aliphatic heterocycles. The number of anilines is 3.